The topological polar surface area (TPSA) is 61.7 Å². The van der Waals surface area contributed by atoms with Crippen molar-refractivity contribution in [2.24, 2.45) is 0 Å². The maximum atomic E-state index is 12.6. The van der Waals surface area contributed by atoms with Crippen molar-refractivity contribution in [3.05, 3.63) is 30.1 Å². The molecule has 1 saturated carbocycles. The van der Waals surface area contributed by atoms with Crippen LogP contribution in [0.15, 0.2) is 24.3 Å². The van der Waals surface area contributed by atoms with Crippen LogP contribution >= 0.6 is 0 Å². The minimum Gasteiger partial charge on any atom is -0.491 e. The molecule has 100 valence electrons. The summed E-state index contributed by atoms with van der Waals surface area (Å²) in [6, 6.07) is 5.66. The van der Waals surface area contributed by atoms with Crippen LogP contribution in [0, 0.1) is 5.82 Å². The molecule has 1 aromatic carbocycles. The second-order valence-electron chi connectivity index (χ2n) is 4.74. The summed E-state index contributed by atoms with van der Waals surface area (Å²) < 4.78 is 18.0. The van der Waals surface area contributed by atoms with Gasteiger partial charge < -0.3 is 20.3 Å². The number of hydrogen-bond donors (Lipinski definition) is 3. The van der Waals surface area contributed by atoms with Gasteiger partial charge >= 0.3 is 0 Å². The van der Waals surface area contributed by atoms with Gasteiger partial charge in [-0.05, 0) is 37.1 Å². The molecular formula is C13H18FNO3. The average molecular weight is 255 g/mol. The maximum Gasteiger partial charge on any atom is 0.123 e. The monoisotopic (exact) mass is 255 g/mol. The van der Waals surface area contributed by atoms with Crippen molar-refractivity contribution in [1.29, 1.82) is 0 Å². The minimum absolute atomic E-state index is 0.0958. The Morgan fingerprint density at radius 1 is 1.33 bits per heavy atom. The number of nitrogens with one attached hydrogen (secondary N) is 1. The molecule has 18 heavy (non-hydrogen) atoms. The molecule has 0 aliphatic heterocycles. The molecule has 1 atom stereocenters. The van der Waals surface area contributed by atoms with E-state index in [2.05, 4.69) is 5.32 Å². The van der Waals surface area contributed by atoms with Crippen molar-refractivity contribution in [3.8, 4) is 5.75 Å². The summed E-state index contributed by atoms with van der Waals surface area (Å²) in [6.07, 6.45) is 1.23. The summed E-state index contributed by atoms with van der Waals surface area (Å²) in [6.45, 7) is 0.612. The molecule has 1 fully saturated rings. The van der Waals surface area contributed by atoms with Gasteiger partial charge in [0.25, 0.3) is 0 Å². The van der Waals surface area contributed by atoms with Gasteiger partial charge in [-0.2, -0.15) is 0 Å². The summed E-state index contributed by atoms with van der Waals surface area (Å²) in [4.78, 5) is 0. The zero-order valence-corrected chi connectivity index (χ0v) is 10.1. The second-order valence-corrected chi connectivity index (χ2v) is 4.74. The fourth-order valence-electron chi connectivity index (χ4n) is 1.66. The summed E-state index contributed by atoms with van der Waals surface area (Å²) in [5, 5.41) is 21.9. The number of aliphatic hydroxyl groups excluding tert-OH is 2. The summed E-state index contributed by atoms with van der Waals surface area (Å²) >= 11 is 0. The first-order valence-electron chi connectivity index (χ1n) is 6.06. The predicted molar refractivity (Wildman–Crippen MR) is 65.0 cm³/mol. The van der Waals surface area contributed by atoms with Crippen molar-refractivity contribution in [3.63, 3.8) is 0 Å². The third kappa shape index (κ3) is 3.66. The first kappa shape index (κ1) is 13.3. The molecular weight excluding hydrogens is 237 g/mol. The first-order valence-corrected chi connectivity index (χ1v) is 6.06. The fraction of sp³-hybridized carbons (Fsp3) is 0.538. The van der Waals surface area contributed by atoms with E-state index in [9.17, 15) is 9.50 Å². The number of rotatable bonds is 7. The van der Waals surface area contributed by atoms with E-state index in [0.29, 0.717) is 12.3 Å². The Balaban J connectivity index is 1.68. The number of β-amino-alcohol motifs (C(OH)–C–C–N with tert-alkyl or cyclic N) is 1. The molecule has 1 aliphatic carbocycles. The Morgan fingerprint density at radius 2 is 2.00 bits per heavy atom. The standard InChI is InChI=1S/C13H18FNO3/c14-10-1-3-12(4-2-10)18-8-11(17)7-15-13(9-16)5-6-13/h1-4,11,15-17H,5-9H2. The number of ether oxygens (including phenoxy) is 1. The molecule has 0 saturated heterocycles. The summed E-state index contributed by atoms with van der Waals surface area (Å²) in [5.41, 5.74) is -0.184. The maximum absolute atomic E-state index is 12.6. The molecule has 0 aromatic heterocycles. The van der Waals surface area contributed by atoms with Crippen molar-refractivity contribution < 1.29 is 19.3 Å². The van der Waals surface area contributed by atoms with Crippen LogP contribution in [0.2, 0.25) is 0 Å². The highest BCUT2D eigenvalue weighted by Gasteiger charge is 2.41. The number of benzene rings is 1. The number of halogens is 1. The molecule has 5 heteroatoms. The molecule has 0 spiro atoms. The van der Waals surface area contributed by atoms with Crippen LogP contribution in [0.4, 0.5) is 4.39 Å². The average Bonchev–Trinajstić information content (AvgIpc) is 3.16. The molecule has 1 aromatic rings. The van der Waals surface area contributed by atoms with Crippen molar-refractivity contribution in [2.45, 2.75) is 24.5 Å². The first-order chi connectivity index (χ1) is 8.63. The Kier molecular flexibility index (Phi) is 4.16. The molecule has 0 bridgehead atoms. The Morgan fingerprint density at radius 3 is 2.56 bits per heavy atom. The highest BCUT2D eigenvalue weighted by Crippen LogP contribution is 2.34. The van der Waals surface area contributed by atoms with Gasteiger partial charge in [0, 0.05) is 12.1 Å². The minimum atomic E-state index is -0.654. The number of aliphatic hydroxyl groups is 2. The van der Waals surface area contributed by atoms with Crippen LogP contribution in [0.1, 0.15) is 12.8 Å². The Hall–Kier alpha value is -1.17. The van der Waals surface area contributed by atoms with Crippen LogP contribution in [0.3, 0.4) is 0 Å². The highest BCUT2D eigenvalue weighted by molar-refractivity contribution is 5.22. The van der Waals surface area contributed by atoms with Crippen molar-refractivity contribution in [1.82, 2.24) is 5.32 Å². The van der Waals surface area contributed by atoms with E-state index >= 15 is 0 Å². The van der Waals surface area contributed by atoms with E-state index in [4.69, 9.17) is 9.84 Å². The van der Waals surface area contributed by atoms with Gasteiger partial charge in [-0.1, -0.05) is 0 Å². The molecule has 0 amide bonds. The van der Waals surface area contributed by atoms with E-state index in [0.717, 1.165) is 12.8 Å². The van der Waals surface area contributed by atoms with Crippen LogP contribution < -0.4 is 10.1 Å². The van der Waals surface area contributed by atoms with Crippen LogP contribution in [-0.4, -0.2) is 41.6 Å². The quantitative estimate of drug-likeness (QED) is 0.670. The van der Waals surface area contributed by atoms with E-state index in [-0.39, 0.29) is 24.6 Å². The zero-order chi connectivity index (χ0) is 13.0. The molecule has 0 heterocycles. The lowest BCUT2D eigenvalue weighted by atomic mass is 10.2. The van der Waals surface area contributed by atoms with E-state index in [1.165, 1.54) is 24.3 Å². The summed E-state index contributed by atoms with van der Waals surface area (Å²) in [5.74, 6) is 0.210. The lowest BCUT2D eigenvalue weighted by molar-refractivity contribution is 0.0978. The lowest BCUT2D eigenvalue weighted by Gasteiger charge is -2.18. The third-order valence-electron chi connectivity index (χ3n) is 3.12. The van der Waals surface area contributed by atoms with E-state index in [1.54, 1.807) is 0 Å². The highest BCUT2D eigenvalue weighted by atomic mass is 19.1. The van der Waals surface area contributed by atoms with Gasteiger partial charge in [0.1, 0.15) is 24.3 Å². The van der Waals surface area contributed by atoms with Gasteiger partial charge in [0.15, 0.2) is 0 Å². The zero-order valence-electron chi connectivity index (χ0n) is 10.1. The molecule has 0 radical (unpaired) electrons. The van der Waals surface area contributed by atoms with E-state index < -0.39 is 6.10 Å². The van der Waals surface area contributed by atoms with Gasteiger partial charge in [0.2, 0.25) is 0 Å². The molecule has 2 rings (SSSR count). The normalized spacial score (nSPS) is 18.4. The fourth-order valence-corrected chi connectivity index (χ4v) is 1.66. The summed E-state index contributed by atoms with van der Waals surface area (Å²) in [7, 11) is 0. The lowest BCUT2D eigenvalue weighted by Crippen LogP contribution is -2.41. The number of hydrogen-bond acceptors (Lipinski definition) is 4. The van der Waals surface area contributed by atoms with Crippen molar-refractivity contribution in [2.75, 3.05) is 19.8 Å². The smallest absolute Gasteiger partial charge is 0.123 e. The predicted octanol–water partition coefficient (Wildman–Crippen LogP) is 0.680. The Labute approximate surface area is 105 Å². The van der Waals surface area contributed by atoms with Crippen molar-refractivity contribution >= 4 is 0 Å². The van der Waals surface area contributed by atoms with Crippen LogP contribution in [0.5, 0.6) is 5.75 Å². The largest absolute Gasteiger partial charge is 0.491 e. The Bertz CT molecular complexity index is 378. The van der Waals surface area contributed by atoms with Crippen LogP contribution in [-0.2, 0) is 0 Å². The van der Waals surface area contributed by atoms with E-state index in [1.807, 2.05) is 0 Å². The third-order valence-corrected chi connectivity index (χ3v) is 3.12. The van der Waals surface area contributed by atoms with Crippen LogP contribution in [0.25, 0.3) is 0 Å². The molecule has 1 unspecified atom stereocenters. The SMILES string of the molecule is OCC1(NCC(O)COc2ccc(F)cc2)CC1. The van der Waals surface area contributed by atoms with Gasteiger partial charge in [-0.25, -0.2) is 4.39 Å². The molecule has 1 aliphatic rings. The molecule has 4 nitrogen and oxygen atoms in total. The molecule has 3 N–H and O–H groups in total. The second kappa shape index (κ2) is 5.65. The van der Waals surface area contributed by atoms with Gasteiger partial charge in [0.05, 0.1) is 6.61 Å². The van der Waals surface area contributed by atoms with Gasteiger partial charge in [-0.3, -0.25) is 0 Å². The van der Waals surface area contributed by atoms with Gasteiger partial charge in [-0.15, -0.1) is 0 Å².